The van der Waals surface area contributed by atoms with Crippen molar-refractivity contribution in [2.24, 2.45) is 0 Å². The standard InChI is InChI=1S/C18H17N2S2/c1-13(2)20-15-10-6-7-11-16(15)22-18-17(20)19(12-21-18)14-8-4-3-5-9-14/h3-13H,1-2H3/q+1. The van der Waals surface area contributed by atoms with E-state index in [0.29, 0.717) is 6.04 Å². The number of benzene rings is 2. The molecule has 1 aliphatic heterocycles. The zero-order valence-corrected chi connectivity index (χ0v) is 14.2. The van der Waals surface area contributed by atoms with Crippen LogP contribution < -0.4 is 9.47 Å². The Morgan fingerprint density at radius 2 is 1.68 bits per heavy atom. The molecule has 1 aliphatic rings. The van der Waals surface area contributed by atoms with Gasteiger partial charge in [0.1, 0.15) is 11.4 Å². The van der Waals surface area contributed by atoms with E-state index in [1.54, 1.807) is 0 Å². The van der Waals surface area contributed by atoms with E-state index in [9.17, 15) is 0 Å². The average molecular weight is 325 g/mol. The summed E-state index contributed by atoms with van der Waals surface area (Å²) < 4.78 is 3.67. The van der Waals surface area contributed by atoms with Gasteiger partial charge in [-0.05, 0) is 38.1 Å². The van der Waals surface area contributed by atoms with Gasteiger partial charge in [-0.15, -0.1) is 0 Å². The van der Waals surface area contributed by atoms with Crippen molar-refractivity contribution in [1.82, 2.24) is 0 Å². The zero-order valence-electron chi connectivity index (χ0n) is 12.6. The quantitative estimate of drug-likeness (QED) is 0.610. The Hall–Kier alpha value is -1.78. The number of para-hydroxylation sites is 2. The van der Waals surface area contributed by atoms with E-state index < -0.39 is 0 Å². The third kappa shape index (κ3) is 2.14. The van der Waals surface area contributed by atoms with Crippen LogP contribution in [0.2, 0.25) is 0 Å². The van der Waals surface area contributed by atoms with Crippen molar-refractivity contribution in [3.8, 4) is 5.69 Å². The van der Waals surface area contributed by atoms with Crippen molar-refractivity contribution in [3.63, 3.8) is 0 Å². The Labute approximate surface area is 139 Å². The van der Waals surface area contributed by atoms with Crippen LogP contribution in [0.25, 0.3) is 5.69 Å². The first-order valence-electron chi connectivity index (χ1n) is 7.40. The number of hydrogen-bond acceptors (Lipinski definition) is 3. The molecular weight excluding hydrogens is 308 g/mol. The zero-order chi connectivity index (χ0) is 15.1. The normalized spacial score (nSPS) is 13.1. The number of nitrogens with zero attached hydrogens (tertiary/aromatic N) is 2. The van der Waals surface area contributed by atoms with Gasteiger partial charge < -0.3 is 0 Å². The molecule has 2 aromatic carbocycles. The second-order valence-electron chi connectivity index (χ2n) is 5.57. The molecule has 2 heterocycles. The summed E-state index contributed by atoms with van der Waals surface area (Å²) in [7, 11) is 0. The number of aromatic nitrogens is 1. The van der Waals surface area contributed by atoms with E-state index in [1.165, 1.54) is 26.3 Å². The topological polar surface area (TPSA) is 7.12 Å². The molecule has 4 heteroatoms. The minimum absolute atomic E-state index is 0.408. The van der Waals surface area contributed by atoms with Crippen molar-refractivity contribution in [1.29, 1.82) is 0 Å². The van der Waals surface area contributed by atoms with Gasteiger partial charge in [0.2, 0.25) is 0 Å². The Morgan fingerprint density at radius 1 is 0.955 bits per heavy atom. The fourth-order valence-electron chi connectivity index (χ4n) is 2.84. The monoisotopic (exact) mass is 325 g/mol. The van der Waals surface area contributed by atoms with Crippen LogP contribution in [-0.2, 0) is 0 Å². The van der Waals surface area contributed by atoms with Gasteiger partial charge in [-0.25, -0.2) is 4.90 Å². The first-order valence-corrected chi connectivity index (χ1v) is 9.10. The van der Waals surface area contributed by atoms with E-state index in [0.717, 1.165) is 0 Å². The first-order chi connectivity index (χ1) is 10.8. The molecule has 22 heavy (non-hydrogen) atoms. The molecule has 1 aromatic heterocycles. The molecule has 0 amide bonds. The van der Waals surface area contributed by atoms with Crippen LogP contribution in [0.3, 0.4) is 0 Å². The highest BCUT2D eigenvalue weighted by Crippen LogP contribution is 2.49. The number of fused-ring (bicyclic) bond motifs is 2. The summed E-state index contributed by atoms with van der Waals surface area (Å²) in [6.07, 6.45) is 0. The van der Waals surface area contributed by atoms with E-state index in [-0.39, 0.29) is 0 Å². The summed E-state index contributed by atoms with van der Waals surface area (Å²) >= 11 is 3.69. The molecule has 0 fully saturated rings. The average Bonchev–Trinajstić information content (AvgIpc) is 2.96. The maximum atomic E-state index is 2.45. The molecule has 0 spiro atoms. The minimum Gasteiger partial charge on any atom is -0.222 e. The molecule has 0 aliphatic carbocycles. The summed E-state index contributed by atoms with van der Waals surface area (Å²) in [4.78, 5) is 3.79. The fourth-order valence-corrected chi connectivity index (χ4v) is 5.06. The van der Waals surface area contributed by atoms with Gasteiger partial charge in [0, 0.05) is 0 Å². The molecule has 0 unspecified atom stereocenters. The predicted octanol–water partition coefficient (Wildman–Crippen LogP) is 5.04. The SMILES string of the molecule is CC(C)N1c2ccccc2Sc2sc[n+](-c3ccccc3)c21. The molecule has 3 aromatic rings. The lowest BCUT2D eigenvalue weighted by atomic mass is 10.2. The summed E-state index contributed by atoms with van der Waals surface area (Å²) in [5.41, 5.74) is 4.73. The van der Waals surface area contributed by atoms with Crippen molar-refractivity contribution in [3.05, 3.63) is 60.1 Å². The highest BCUT2D eigenvalue weighted by atomic mass is 32.2. The maximum absolute atomic E-state index is 2.45. The Balaban J connectivity index is 1.93. The third-order valence-corrected chi connectivity index (χ3v) is 5.97. The molecule has 4 rings (SSSR count). The highest BCUT2D eigenvalue weighted by Gasteiger charge is 2.37. The number of anilines is 2. The van der Waals surface area contributed by atoms with Crippen LogP contribution in [0.4, 0.5) is 11.5 Å². The van der Waals surface area contributed by atoms with Crippen LogP contribution in [0.5, 0.6) is 0 Å². The summed E-state index contributed by atoms with van der Waals surface area (Å²) in [5.74, 6) is 1.29. The van der Waals surface area contributed by atoms with Crippen molar-refractivity contribution in [2.45, 2.75) is 29.0 Å². The van der Waals surface area contributed by atoms with Crippen LogP contribution in [0.1, 0.15) is 13.8 Å². The van der Waals surface area contributed by atoms with E-state index in [4.69, 9.17) is 0 Å². The van der Waals surface area contributed by atoms with Crippen LogP contribution in [0, 0.1) is 0 Å². The lowest BCUT2D eigenvalue weighted by molar-refractivity contribution is -0.578. The number of hydrogen-bond donors (Lipinski definition) is 0. The lowest BCUT2D eigenvalue weighted by Crippen LogP contribution is -2.40. The fraction of sp³-hybridized carbons (Fsp3) is 0.167. The van der Waals surface area contributed by atoms with Gasteiger partial charge in [-0.1, -0.05) is 53.4 Å². The molecule has 110 valence electrons. The van der Waals surface area contributed by atoms with Crippen LogP contribution in [-0.4, -0.2) is 6.04 Å². The third-order valence-electron chi connectivity index (χ3n) is 3.78. The summed E-state index contributed by atoms with van der Waals surface area (Å²) in [6, 6.07) is 19.7. The van der Waals surface area contributed by atoms with Gasteiger partial charge in [-0.3, -0.25) is 0 Å². The van der Waals surface area contributed by atoms with E-state index in [1.807, 2.05) is 23.1 Å². The smallest absolute Gasteiger partial charge is 0.222 e. The first kappa shape index (κ1) is 13.9. The molecule has 0 saturated heterocycles. The van der Waals surface area contributed by atoms with Crippen molar-refractivity contribution < 1.29 is 4.57 Å². The van der Waals surface area contributed by atoms with Crippen LogP contribution in [0.15, 0.2) is 69.2 Å². The molecule has 0 bridgehead atoms. The van der Waals surface area contributed by atoms with Crippen molar-refractivity contribution in [2.75, 3.05) is 4.90 Å². The van der Waals surface area contributed by atoms with Gasteiger partial charge in [0.25, 0.3) is 0 Å². The summed E-state index contributed by atoms with van der Waals surface area (Å²) in [5, 5.41) is 0. The molecule has 0 N–H and O–H groups in total. The largest absolute Gasteiger partial charge is 0.312 e. The van der Waals surface area contributed by atoms with Crippen LogP contribution >= 0.6 is 23.1 Å². The minimum atomic E-state index is 0.408. The number of thiazole rings is 1. The highest BCUT2D eigenvalue weighted by molar-refractivity contribution is 8.01. The second-order valence-corrected chi connectivity index (χ2v) is 7.74. The van der Waals surface area contributed by atoms with Gasteiger partial charge in [-0.2, -0.15) is 4.57 Å². The Kier molecular flexibility index (Phi) is 3.43. The summed E-state index contributed by atoms with van der Waals surface area (Å²) in [6.45, 7) is 4.51. The molecule has 0 saturated carbocycles. The Bertz CT molecular complexity index is 809. The van der Waals surface area contributed by atoms with Gasteiger partial charge in [0.05, 0.1) is 10.9 Å². The molecule has 0 radical (unpaired) electrons. The van der Waals surface area contributed by atoms with E-state index >= 15 is 0 Å². The van der Waals surface area contributed by atoms with Gasteiger partial charge >= 0.3 is 5.82 Å². The predicted molar refractivity (Wildman–Crippen MR) is 93.7 cm³/mol. The maximum Gasteiger partial charge on any atom is 0.312 e. The number of rotatable bonds is 2. The second kappa shape index (κ2) is 5.45. The lowest BCUT2D eigenvalue weighted by Gasteiger charge is -2.26. The molecular formula is C18H17N2S2+. The van der Waals surface area contributed by atoms with Crippen molar-refractivity contribution >= 4 is 34.6 Å². The van der Waals surface area contributed by atoms with Gasteiger partial charge in [0.15, 0.2) is 9.72 Å². The molecule has 2 nitrogen and oxygen atoms in total. The van der Waals surface area contributed by atoms with E-state index in [2.05, 4.69) is 83.4 Å². The Morgan fingerprint density at radius 3 is 2.45 bits per heavy atom. The molecule has 0 atom stereocenters.